The Morgan fingerprint density at radius 1 is 1.38 bits per heavy atom. The van der Waals surface area contributed by atoms with E-state index in [-0.39, 0.29) is 18.0 Å². The Morgan fingerprint density at radius 2 is 2.05 bits per heavy atom. The second-order valence-corrected chi connectivity index (χ2v) is 6.48. The van der Waals surface area contributed by atoms with E-state index in [1.807, 2.05) is 45.2 Å². The molecule has 1 aromatic rings. The van der Waals surface area contributed by atoms with Crippen molar-refractivity contribution in [1.29, 1.82) is 0 Å². The SMILES string of the molecule is CCC(C)[C@H](NC(=O)N(Cc1cccs1)C(C)C)C(=O)O. The van der Waals surface area contributed by atoms with E-state index in [1.165, 1.54) is 0 Å². The van der Waals surface area contributed by atoms with Crippen molar-refractivity contribution < 1.29 is 14.7 Å². The maximum Gasteiger partial charge on any atom is 0.326 e. The normalized spacial score (nSPS) is 13.8. The van der Waals surface area contributed by atoms with E-state index in [1.54, 1.807) is 16.2 Å². The number of amides is 2. The number of aliphatic carboxylic acids is 1. The Morgan fingerprint density at radius 3 is 2.48 bits per heavy atom. The van der Waals surface area contributed by atoms with Crippen molar-refractivity contribution in [2.75, 3.05) is 0 Å². The smallest absolute Gasteiger partial charge is 0.326 e. The summed E-state index contributed by atoms with van der Waals surface area (Å²) in [5, 5.41) is 13.9. The van der Waals surface area contributed by atoms with Crippen molar-refractivity contribution >= 4 is 23.3 Å². The highest BCUT2D eigenvalue weighted by Crippen LogP contribution is 2.15. The van der Waals surface area contributed by atoms with Gasteiger partial charge in [0, 0.05) is 10.9 Å². The van der Waals surface area contributed by atoms with E-state index in [4.69, 9.17) is 0 Å². The molecule has 1 aromatic heterocycles. The summed E-state index contributed by atoms with van der Waals surface area (Å²) < 4.78 is 0. The monoisotopic (exact) mass is 312 g/mol. The van der Waals surface area contributed by atoms with E-state index in [9.17, 15) is 14.7 Å². The number of carbonyl (C=O) groups excluding carboxylic acids is 1. The average Bonchev–Trinajstić information content (AvgIpc) is 2.93. The fourth-order valence-electron chi connectivity index (χ4n) is 1.96. The molecule has 5 nitrogen and oxygen atoms in total. The van der Waals surface area contributed by atoms with Crippen molar-refractivity contribution in [2.24, 2.45) is 5.92 Å². The molecule has 0 spiro atoms. The van der Waals surface area contributed by atoms with E-state index < -0.39 is 12.0 Å². The standard InChI is InChI=1S/C15H24N2O3S/c1-5-11(4)13(14(18)19)16-15(20)17(10(2)3)9-12-7-6-8-21-12/h6-8,10-11,13H,5,9H2,1-4H3,(H,16,20)(H,18,19)/t11?,13-/m0/s1. The maximum atomic E-state index is 12.4. The van der Waals surface area contributed by atoms with Gasteiger partial charge in [0.05, 0.1) is 6.54 Å². The van der Waals surface area contributed by atoms with Crippen LogP contribution in [0.15, 0.2) is 17.5 Å². The lowest BCUT2D eigenvalue weighted by molar-refractivity contribution is -0.140. The van der Waals surface area contributed by atoms with Gasteiger partial charge in [-0.1, -0.05) is 26.3 Å². The van der Waals surface area contributed by atoms with Crippen molar-refractivity contribution in [1.82, 2.24) is 10.2 Å². The van der Waals surface area contributed by atoms with Crippen LogP contribution in [0, 0.1) is 5.92 Å². The molecule has 0 aliphatic carbocycles. The van der Waals surface area contributed by atoms with Crippen LogP contribution < -0.4 is 5.32 Å². The predicted molar refractivity (Wildman–Crippen MR) is 84.4 cm³/mol. The summed E-state index contributed by atoms with van der Waals surface area (Å²) in [6, 6.07) is 2.73. The number of rotatable bonds is 7. The number of thiophene rings is 1. The number of hydrogen-bond acceptors (Lipinski definition) is 3. The van der Waals surface area contributed by atoms with Crippen LogP contribution >= 0.6 is 11.3 Å². The number of nitrogens with one attached hydrogen (secondary N) is 1. The zero-order valence-electron chi connectivity index (χ0n) is 13.0. The van der Waals surface area contributed by atoms with Crippen LogP contribution in [0.3, 0.4) is 0 Å². The van der Waals surface area contributed by atoms with Crippen molar-refractivity contribution in [3.05, 3.63) is 22.4 Å². The van der Waals surface area contributed by atoms with Gasteiger partial charge in [0.2, 0.25) is 0 Å². The first-order valence-corrected chi connectivity index (χ1v) is 8.07. The molecule has 118 valence electrons. The van der Waals surface area contributed by atoms with Crippen LogP contribution in [0.5, 0.6) is 0 Å². The van der Waals surface area contributed by atoms with Gasteiger partial charge in [0.15, 0.2) is 0 Å². The van der Waals surface area contributed by atoms with Crippen LogP contribution in [0.1, 0.15) is 39.0 Å². The molecule has 0 saturated heterocycles. The molecule has 6 heteroatoms. The minimum Gasteiger partial charge on any atom is -0.480 e. The maximum absolute atomic E-state index is 12.4. The molecule has 2 amide bonds. The zero-order valence-corrected chi connectivity index (χ0v) is 13.8. The number of hydrogen-bond donors (Lipinski definition) is 2. The van der Waals surface area contributed by atoms with E-state index >= 15 is 0 Å². The molecule has 0 aliphatic rings. The van der Waals surface area contributed by atoms with Crippen LogP contribution in [-0.2, 0) is 11.3 Å². The molecular weight excluding hydrogens is 288 g/mol. The van der Waals surface area contributed by atoms with Gasteiger partial charge >= 0.3 is 12.0 Å². The minimum absolute atomic E-state index is 0.00141. The molecule has 1 rings (SSSR count). The Hall–Kier alpha value is -1.56. The first kappa shape index (κ1) is 17.5. The molecule has 1 heterocycles. The Kier molecular flexibility index (Phi) is 6.68. The Labute approximate surface area is 130 Å². The van der Waals surface area contributed by atoms with E-state index in [2.05, 4.69) is 5.32 Å². The van der Waals surface area contributed by atoms with Crippen LogP contribution in [-0.4, -0.2) is 34.1 Å². The third-order valence-electron chi connectivity index (χ3n) is 3.55. The molecule has 0 aliphatic heterocycles. The van der Waals surface area contributed by atoms with E-state index in [0.717, 1.165) is 4.88 Å². The molecule has 0 fully saturated rings. The fraction of sp³-hybridized carbons (Fsp3) is 0.600. The number of carboxylic acids is 1. The van der Waals surface area contributed by atoms with Gasteiger partial charge in [-0.3, -0.25) is 0 Å². The summed E-state index contributed by atoms with van der Waals surface area (Å²) >= 11 is 1.58. The highest BCUT2D eigenvalue weighted by atomic mass is 32.1. The molecule has 0 bridgehead atoms. The summed E-state index contributed by atoms with van der Waals surface area (Å²) in [5.74, 6) is -1.10. The first-order chi connectivity index (χ1) is 9.86. The molecule has 0 aromatic carbocycles. The van der Waals surface area contributed by atoms with Crippen LogP contribution in [0.4, 0.5) is 4.79 Å². The van der Waals surface area contributed by atoms with Crippen molar-refractivity contribution in [3.63, 3.8) is 0 Å². The number of urea groups is 1. The van der Waals surface area contributed by atoms with Gasteiger partial charge in [0.25, 0.3) is 0 Å². The molecular formula is C15H24N2O3S. The summed E-state index contributed by atoms with van der Waals surface area (Å²) in [5.41, 5.74) is 0. The second kappa shape index (κ2) is 8.02. The topological polar surface area (TPSA) is 69.6 Å². The third kappa shape index (κ3) is 5.04. The lowest BCUT2D eigenvalue weighted by Gasteiger charge is -2.29. The highest BCUT2D eigenvalue weighted by molar-refractivity contribution is 7.09. The lowest BCUT2D eigenvalue weighted by Crippen LogP contribution is -2.51. The average molecular weight is 312 g/mol. The van der Waals surface area contributed by atoms with E-state index in [0.29, 0.717) is 13.0 Å². The number of carboxylic acid groups (broad SMARTS) is 1. The fourth-order valence-corrected chi connectivity index (χ4v) is 2.66. The summed E-state index contributed by atoms with van der Waals surface area (Å²) in [6.07, 6.45) is 0.698. The predicted octanol–water partition coefficient (Wildman–Crippen LogP) is 3.17. The van der Waals surface area contributed by atoms with Gasteiger partial charge in [-0.25, -0.2) is 9.59 Å². The summed E-state index contributed by atoms with van der Waals surface area (Å²) in [4.78, 5) is 26.5. The quantitative estimate of drug-likeness (QED) is 0.812. The van der Waals surface area contributed by atoms with Crippen molar-refractivity contribution in [2.45, 2.75) is 52.7 Å². The summed E-state index contributed by atoms with van der Waals surface area (Å²) in [7, 11) is 0. The Bertz CT molecular complexity index is 459. The van der Waals surface area contributed by atoms with Crippen molar-refractivity contribution in [3.8, 4) is 0 Å². The van der Waals surface area contributed by atoms with Crippen LogP contribution in [0.25, 0.3) is 0 Å². The number of nitrogens with zero attached hydrogens (tertiary/aromatic N) is 1. The van der Waals surface area contributed by atoms with Gasteiger partial charge in [-0.2, -0.15) is 0 Å². The second-order valence-electron chi connectivity index (χ2n) is 5.45. The molecule has 2 N–H and O–H groups in total. The largest absolute Gasteiger partial charge is 0.480 e. The molecule has 0 saturated carbocycles. The zero-order chi connectivity index (χ0) is 16.0. The lowest BCUT2D eigenvalue weighted by atomic mass is 9.99. The summed E-state index contributed by atoms with van der Waals surface area (Å²) in [6.45, 7) is 8.09. The molecule has 1 unspecified atom stereocenters. The highest BCUT2D eigenvalue weighted by Gasteiger charge is 2.28. The molecule has 21 heavy (non-hydrogen) atoms. The van der Waals surface area contributed by atoms with Gasteiger partial charge in [-0.15, -0.1) is 11.3 Å². The van der Waals surface area contributed by atoms with Crippen LogP contribution in [0.2, 0.25) is 0 Å². The minimum atomic E-state index is -0.988. The molecule has 2 atom stereocenters. The molecule has 0 radical (unpaired) electrons. The first-order valence-electron chi connectivity index (χ1n) is 7.19. The Balaban J connectivity index is 2.78. The van der Waals surface area contributed by atoms with Gasteiger partial charge < -0.3 is 15.3 Å². The third-order valence-corrected chi connectivity index (χ3v) is 4.41. The van der Waals surface area contributed by atoms with Gasteiger partial charge in [-0.05, 0) is 31.2 Å². The number of carbonyl (C=O) groups is 2. The van der Waals surface area contributed by atoms with Gasteiger partial charge in [0.1, 0.15) is 6.04 Å².